The average molecular weight is 268 g/mol. The fraction of sp³-hybridized carbons (Fsp3) is 0.462. The number of hydrogen-bond donors (Lipinski definition) is 2. The molecule has 0 spiro atoms. The Labute approximate surface area is 112 Å². The first-order valence-electron chi connectivity index (χ1n) is 5.90. The van der Waals surface area contributed by atoms with Crippen molar-refractivity contribution in [1.82, 2.24) is 5.32 Å². The second-order valence-corrected chi connectivity index (χ2v) is 5.26. The zero-order valence-electron chi connectivity index (χ0n) is 10.8. The Morgan fingerprint density at radius 3 is 2.89 bits per heavy atom. The molecule has 0 aliphatic heterocycles. The second kappa shape index (κ2) is 7.87. The van der Waals surface area contributed by atoms with Gasteiger partial charge in [-0.25, -0.2) is 0 Å². The molecule has 0 aliphatic carbocycles. The molecule has 1 atom stereocenters. The van der Waals surface area contributed by atoms with Crippen molar-refractivity contribution >= 4 is 23.4 Å². The standard InChI is InChI=1S/C13H20N2O2S/c1-10(18-2)9-15-13(16)7-8-17-12-6-4-3-5-11(12)14/h3-6,10H,7-9,14H2,1-2H3,(H,15,16). The zero-order valence-corrected chi connectivity index (χ0v) is 11.6. The van der Waals surface area contributed by atoms with Gasteiger partial charge in [0.15, 0.2) is 0 Å². The zero-order chi connectivity index (χ0) is 13.4. The van der Waals surface area contributed by atoms with Crippen LogP contribution in [0.15, 0.2) is 24.3 Å². The number of benzene rings is 1. The molecule has 0 fully saturated rings. The summed E-state index contributed by atoms with van der Waals surface area (Å²) < 4.78 is 5.45. The number of hydrogen-bond acceptors (Lipinski definition) is 4. The van der Waals surface area contributed by atoms with Crippen molar-refractivity contribution < 1.29 is 9.53 Å². The van der Waals surface area contributed by atoms with Gasteiger partial charge in [0.05, 0.1) is 18.7 Å². The number of carbonyl (C=O) groups is 1. The van der Waals surface area contributed by atoms with Crippen LogP contribution < -0.4 is 15.8 Å². The van der Waals surface area contributed by atoms with E-state index < -0.39 is 0 Å². The van der Waals surface area contributed by atoms with Gasteiger partial charge in [-0.15, -0.1) is 0 Å². The van der Waals surface area contributed by atoms with Crippen LogP contribution in [-0.2, 0) is 4.79 Å². The third kappa shape index (κ3) is 5.31. The SMILES string of the molecule is CSC(C)CNC(=O)CCOc1ccccc1N. The molecule has 0 bridgehead atoms. The van der Waals surface area contributed by atoms with E-state index in [1.165, 1.54) is 0 Å². The fourth-order valence-electron chi connectivity index (χ4n) is 1.29. The van der Waals surface area contributed by atoms with Crippen LogP contribution >= 0.6 is 11.8 Å². The van der Waals surface area contributed by atoms with E-state index in [1.807, 2.05) is 18.4 Å². The van der Waals surface area contributed by atoms with E-state index in [0.29, 0.717) is 36.3 Å². The lowest BCUT2D eigenvalue weighted by molar-refractivity contribution is -0.121. The number of rotatable bonds is 7. The summed E-state index contributed by atoms with van der Waals surface area (Å²) in [5.41, 5.74) is 6.32. The first kappa shape index (κ1) is 14.7. The summed E-state index contributed by atoms with van der Waals surface area (Å²) in [5, 5.41) is 3.29. The monoisotopic (exact) mass is 268 g/mol. The summed E-state index contributed by atoms with van der Waals surface area (Å²) in [4.78, 5) is 11.5. The van der Waals surface area contributed by atoms with Crippen molar-refractivity contribution in [3.05, 3.63) is 24.3 Å². The summed E-state index contributed by atoms with van der Waals surface area (Å²) in [5.74, 6) is 0.633. The number of thioether (sulfide) groups is 1. The topological polar surface area (TPSA) is 64.3 Å². The van der Waals surface area contributed by atoms with Crippen molar-refractivity contribution in [2.75, 3.05) is 25.1 Å². The molecule has 4 nitrogen and oxygen atoms in total. The molecule has 1 amide bonds. The summed E-state index contributed by atoms with van der Waals surface area (Å²) in [6, 6.07) is 7.27. The third-order valence-corrected chi connectivity index (χ3v) is 3.47. The highest BCUT2D eigenvalue weighted by molar-refractivity contribution is 7.99. The van der Waals surface area contributed by atoms with Crippen LogP contribution in [0.1, 0.15) is 13.3 Å². The summed E-state index contributed by atoms with van der Waals surface area (Å²) >= 11 is 1.73. The van der Waals surface area contributed by atoms with E-state index in [0.717, 1.165) is 0 Å². The smallest absolute Gasteiger partial charge is 0.223 e. The number of nitrogens with two attached hydrogens (primary N) is 1. The fourth-order valence-corrected chi connectivity index (χ4v) is 1.54. The highest BCUT2D eigenvalue weighted by atomic mass is 32.2. The van der Waals surface area contributed by atoms with Crippen LogP contribution in [0.2, 0.25) is 0 Å². The Morgan fingerprint density at radius 2 is 2.22 bits per heavy atom. The molecule has 0 aromatic heterocycles. The lowest BCUT2D eigenvalue weighted by Gasteiger charge is -2.11. The average Bonchev–Trinajstić information content (AvgIpc) is 2.38. The number of nitrogens with one attached hydrogen (secondary N) is 1. The minimum Gasteiger partial charge on any atom is -0.491 e. The number of ether oxygens (including phenoxy) is 1. The molecule has 1 aromatic carbocycles. The van der Waals surface area contributed by atoms with Gasteiger partial charge in [-0.2, -0.15) is 11.8 Å². The molecule has 0 heterocycles. The van der Waals surface area contributed by atoms with Crippen molar-refractivity contribution in [2.45, 2.75) is 18.6 Å². The van der Waals surface area contributed by atoms with Crippen molar-refractivity contribution in [3.8, 4) is 5.75 Å². The molecule has 3 N–H and O–H groups in total. The summed E-state index contributed by atoms with van der Waals surface area (Å²) in [7, 11) is 0. The number of para-hydroxylation sites is 2. The summed E-state index contributed by atoms with van der Waals surface area (Å²) in [6.45, 7) is 3.10. The quantitative estimate of drug-likeness (QED) is 0.741. The molecule has 1 aromatic rings. The van der Waals surface area contributed by atoms with Gasteiger partial charge in [0.2, 0.25) is 5.91 Å². The van der Waals surface area contributed by atoms with Gasteiger partial charge < -0.3 is 15.8 Å². The lowest BCUT2D eigenvalue weighted by Crippen LogP contribution is -2.30. The van der Waals surface area contributed by atoms with Crippen molar-refractivity contribution in [3.63, 3.8) is 0 Å². The Balaban J connectivity index is 2.22. The molecule has 5 heteroatoms. The van der Waals surface area contributed by atoms with Crippen LogP contribution in [0, 0.1) is 0 Å². The first-order chi connectivity index (χ1) is 8.63. The van der Waals surface area contributed by atoms with Gasteiger partial charge in [0.1, 0.15) is 5.75 Å². The van der Waals surface area contributed by atoms with Gasteiger partial charge in [-0.1, -0.05) is 19.1 Å². The maximum atomic E-state index is 11.5. The molecular formula is C13H20N2O2S. The predicted molar refractivity (Wildman–Crippen MR) is 77.0 cm³/mol. The van der Waals surface area contributed by atoms with Gasteiger partial charge in [0, 0.05) is 11.8 Å². The van der Waals surface area contributed by atoms with Gasteiger partial charge in [0.25, 0.3) is 0 Å². The normalized spacial score (nSPS) is 11.9. The van der Waals surface area contributed by atoms with Crippen LogP contribution in [0.25, 0.3) is 0 Å². The molecule has 0 radical (unpaired) electrons. The third-order valence-electron chi connectivity index (χ3n) is 2.49. The Hall–Kier alpha value is -1.36. The Morgan fingerprint density at radius 1 is 1.50 bits per heavy atom. The van der Waals surface area contributed by atoms with E-state index in [1.54, 1.807) is 23.9 Å². The maximum Gasteiger partial charge on any atom is 0.223 e. The molecule has 100 valence electrons. The Kier molecular flexibility index (Phi) is 6.43. The maximum absolute atomic E-state index is 11.5. The Bertz CT molecular complexity index is 385. The molecule has 0 aliphatic rings. The minimum atomic E-state index is 0.00500. The summed E-state index contributed by atoms with van der Waals surface area (Å²) in [6.07, 6.45) is 2.37. The minimum absolute atomic E-state index is 0.00500. The number of carbonyl (C=O) groups excluding carboxylic acids is 1. The number of amides is 1. The lowest BCUT2D eigenvalue weighted by atomic mass is 10.3. The van der Waals surface area contributed by atoms with E-state index in [2.05, 4.69) is 12.2 Å². The number of nitrogen functional groups attached to an aromatic ring is 1. The molecule has 1 rings (SSSR count). The van der Waals surface area contributed by atoms with E-state index in [4.69, 9.17) is 10.5 Å². The van der Waals surface area contributed by atoms with E-state index >= 15 is 0 Å². The molecule has 0 saturated carbocycles. The van der Waals surface area contributed by atoms with Crippen molar-refractivity contribution in [2.24, 2.45) is 0 Å². The van der Waals surface area contributed by atoms with E-state index in [-0.39, 0.29) is 5.91 Å². The van der Waals surface area contributed by atoms with Crippen LogP contribution in [0.5, 0.6) is 5.75 Å². The largest absolute Gasteiger partial charge is 0.491 e. The molecule has 18 heavy (non-hydrogen) atoms. The highest BCUT2D eigenvalue weighted by Crippen LogP contribution is 2.19. The van der Waals surface area contributed by atoms with Crippen LogP contribution in [-0.4, -0.2) is 30.6 Å². The molecule has 0 saturated heterocycles. The van der Waals surface area contributed by atoms with Crippen molar-refractivity contribution in [1.29, 1.82) is 0 Å². The van der Waals surface area contributed by atoms with E-state index in [9.17, 15) is 4.79 Å². The van der Waals surface area contributed by atoms with Crippen LogP contribution in [0.3, 0.4) is 0 Å². The first-order valence-corrected chi connectivity index (χ1v) is 7.19. The van der Waals surface area contributed by atoms with Gasteiger partial charge >= 0.3 is 0 Å². The number of anilines is 1. The molecule has 1 unspecified atom stereocenters. The second-order valence-electron chi connectivity index (χ2n) is 3.99. The predicted octanol–water partition coefficient (Wildman–Crippen LogP) is 1.91. The van der Waals surface area contributed by atoms with Gasteiger partial charge in [-0.3, -0.25) is 4.79 Å². The highest BCUT2D eigenvalue weighted by Gasteiger charge is 2.05. The van der Waals surface area contributed by atoms with Crippen LogP contribution in [0.4, 0.5) is 5.69 Å². The molecular weight excluding hydrogens is 248 g/mol. The van der Waals surface area contributed by atoms with Gasteiger partial charge in [-0.05, 0) is 18.4 Å².